The lowest BCUT2D eigenvalue weighted by Crippen LogP contribution is -2.36. The van der Waals surface area contributed by atoms with Gasteiger partial charge in [0.2, 0.25) is 0 Å². The van der Waals surface area contributed by atoms with E-state index in [4.69, 9.17) is 21.7 Å². The third kappa shape index (κ3) is 8.03. The van der Waals surface area contributed by atoms with E-state index in [1.54, 1.807) is 0 Å². The number of hydrogen-bond donors (Lipinski definition) is 4. The van der Waals surface area contributed by atoms with Gasteiger partial charge in [-0.25, -0.2) is 0 Å². The monoisotopic (exact) mass is 262 g/mol. The van der Waals surface area contributed by atoms with Crippen molar-refractivity contribution >= 4 is 11.9 Å². The molecule has 0 radical (unpaired) electrons. The Bertz CT molecular complexity index is 232. The number of rotatable bonds is 6. The molecular weight excluding hydrogens is 236 g/mol. The summed E-state index contributed by atoms with van der Waals surface area (Å²) in [7, 11) is 0. The van der Waals surface area contributed by atoms with E-state index >= 15 is 0 Å². The summed E-state index contributed by atoms with van der Waals surface area (Å²) < 4.78 is 0. The summed E-state index contributed by atoms with van der Waals surface area (Å²) in [5, 5.41) is 16.7. The van der Waals surface area contributed by atoms with Gasteiger partial charge >= 0.3 is 11.9 Å². The Morgan fingerprint density at radius 2 is 1.11 bits per heavy atom. The second kappa shape index (κ2) is 9.85. The molecule has 0 spiro atoms. The largest absolute Gasteiger partial charge is 0.480 e. The maximum absolute atomic E-state index is 10.2. The normalized spacial score (nSPS) is 16.8. The fraction of sp³-hybridized carbons (Fsp3) is 0.833. The smallest absolute Gasteiger partial charge is 0.320 e. The number of nitrogens with two attached hydrogens (primary N) is 2. The van der Waals surface area contributed by atoms with Gasteiger partial charge in [0, 0.05) is 0 Å². The molecule has 0 rings (SSSR count). The van der Waals surface area contributed by atoms with Crippen molar-refractivity contribution in [1.82, 2.24) is 0 Å². The molecule has 6 nitrogen and oxygen atoms in total. The van der Waals surface area contributed by atoms with Crippen LogP contribution in [0.4, 0.5) is 0 Å². The summed E-state index contributed by atoms with van der Waals surface area (Å²) in [6, 6.07) is -1.40. The Kier molecular flexibility index (Phi) is 10.5. The Morgan fingerprint density at radius 3 is 1.17 bits per heavy atom. The molecule has 0 aromatic rings. The van der Waals surface area contributed by atoms with Crippen molar-refractivity contribution < 1.29 is 19.8 Å². The molecule has 18 heavy (non-hydrogen) atoms. The van der Waals surface area contributed by atoms with Crippen LogP contribution in [0.5, 0.6) is 0 Å². The topological polar surface area (TPSA) is 127 Å². The Hall–Kier alpha value is -1.14. The molecule has 0 aliphatic heterocycles. The van der Waals surface area contributed by atoms with Crippen molar-refractivity contribution in [3.8, 4) is 0 Å². The van der Waals surface area contributed by atoms with Crippen LogP contribution >= 0.6 is 0 Å². The van der Waals surface area contributed by atoms with Crippen LogP contribution in [-0.2, 0) is 9.59 Å². The maximum atomic E-state index is 10.2. The van der Waals surface area contributed by atoms with Gasteiger partial charge in [0.05, 0.1) is 0 Å². The van der Waals surface area contributed by atoms with Gasteiger partial charge in [-0.3, -0.25) is 9.59 Å². The Balaban J connectivity index is 0. The van der Waals surface area contributed by atoms with Crippen molar-refractivity contribution in [3.05, 3.63) is 0 Å². The van der Waals surface area contributed by atoms with Gasteiger partial charge in [-0.1, -0.05) is 40.5 Å². The van der Waals surface area contributed by atoms with Crippen molar-refractivity contribution in [2.24, 2.45) is 23.3 Å². The fourth-order valence-electron chi connectivity index (χ4n) is 0.995. The molecule has 0 aromatic carbocycles. The van der Waals surface area contributed by atoms with Crippen LogP contribution in [0.25, 0.3) is 0 Å². The average molecular weight is 262 g/mol. The van der Waals surface area contributed by atoms with Crippen molar-refractivity contribution in [2.45, 2.75) is 52.6 Å². The molecule has 0 aromatic heterocycles. The van der Waals surface area contributed by atoms with Gasteiger partial charge in [-0.2, -0.15) is 0 Å². The molecule has 0 bridgehead atoms. The van der Waals surface area contributed by atoms with Gasteiger partial charge in [0.15, 0.2) is 0 Å². The number of hydrogen-bond acceptors (Lipinski definition) is 4. The van der Waals surface area contributed by atoms with E-state index in [0.29, 0.717) is 0 Å². The van der Waals surface area contributed by atoms with Crippen molar-refractivity contribution in [2.75, 3.05) is 0 Å². The number of carboxylic acid groups (broad SMARTS) is 2. The molecule has 0 amide bonds. The third-order valence-electron chi connectivity index (χ3n) is 3.08. The second-order valence-electron chi connectivity index (χ2n) is 4.50. The number of carboxylic acids is 2. The zero-order valence-corrected chi connectivity index (χ0v) is 11.6. The highest BCUT2D eigenvalue weighted by Crippen LogP contribution is 2.04. The van der Waals surface area contributed by atoms with Crippen LogP contribution < -0.4 is 11.5 Å². The first-order valence-electron chi connectivity index (χ1n) is 6.15. The molecule has 0 heterocycles. The lowest BCUT2D eigenvalue weighted by atomic mass is 10.0. The minimum Gasteiger partial charge on any atom is -0.480 e. The van der Waals surface area contributed by atoms with Crippen molar-refractivity contribution in [3.63, 3.8) is 0 Å². The molecule has 0 unspecified atom stereocenters. The molecule has 0 aliphatic carbocycles. The van der Waals surface area contributed by atoms with E-state index in [1.165, 1.54) is 0 Å². The summed E-state index contributed by atoms with van der Waals surface area (Å²) in [6.45, 7) is 7.51. The predicted molar refractivity (Wildman–Crippen MR) is 70.1 cm³/mol. The zero-order chi connectivity index (χ0) is 14.9. The molecule has 0 saturated carbocycles. The first-order chi connectivity index (χ1) is 8.18. The molecule has 0 saturated heterocycles. The molecule has 0 fully saturated rings. The average Bonchev–Trinajstić information content (AvgIpc) is 2.35. The molecule has 4 atom stereocenters. The predicted octanol–water partition coefficient (Wildman–Crippen LogP) is 0.889. The molecule has 0 aliphatic rings. The van der Waals surface area contributed by atoms with E-state index in [2.05, 4.69) is 0 Å². The van der Waals surface area contributed by atoms with E-state index in [-0.39, 0.29) is 11.8 Å². The molecule has 6 heteroatoms. The van der Waals surface area contributed by atoms with Crippen molar-refractivity contribution in [1.29, 1.82) is 0 Å². The standard InChI is InChI=1S/2C6H13NO2/c2*1-3-4(2)5(7)6(8)9/h2*4-5H,3,7H2,1-2H3,(H,8,9)/t2*4-,5+/m00/s1. The lowest BCUT2D eigenvalue weighted by Gasteiger charge is -2.11. The fourth-order valence-corrected chi connectivity index (χ4v) is 0.995. The van der Waals surface area contributed by atoms with Crippen LogP contribution in [0.15, 0.2) is 0 Å². The number of aliphatic carboxylic acids is 2. The summed E-state index contributed by atoms with van der Waals surface area (Å²) >= 11 is 0. The Morgan fingerprint density at radius 1 is 0.889 bits per heavy atom. The molecular formula is C12H26N2O4. The minimum atomic E-state index is -0.913. The molecule has 108 valence electrons. The van der Waals surface area contributed by atoms with Gasteiger partial charge in [0.1, 0.15) is 12.1 Å². The summed E-state index contributed by atoms with van der Waals surface area (Å²) in [4.78, 5) is 20.3. The lowest BCUT2D eigenvalue weighted by molar-refractivity contribution is -0.140. The quantitative estimate of drug-likeness (QED) is 0.563. The maximum Gasteiger partial charge on any atom is 0.320 e. The zero-order valence-electron chi connectivity index (χ0n) is 11.6. The minimum absolute atomic E-state index is 0.0718. The third-order valence-corrected chi connectivity index (χ3v) is 3.08. The number of carbonyl (C=O) groups is 2. The molecule has 6 N–H and O–H groups in total. The van der Waals surface area contributed by atoms with Crippen LogP contribution in [0.3, 0.4) is 0 Å². The van der Waals surface area contributed by atoms with Crippen LogP contribution in [0.2, 0.25) is 0 Å². The summed E-state index contributed by atoms with van der Waals surface area (Å²) in [6.07, 6.45) is 1.63. The SMILES string of the molecule is CC[C@H](C)[C@@H](N)C(=O)O.CC[C@H](C)[C@@H](N)C(=O)O. The van der Waals surface area contributed by atoms with Gasteiger partial charge < -0.3 is 21.7 Å². The van der Waals surface area contributed by atoms with E-state index in [9.17, 15) is 9.59 Å². The highest BCUT2D eigenvalue weighted by atomic mass is 16.4. The van der Waals surface area contributed by atoms with Crippen LogP contribution in [0, 0.1) is 11.8 Å². The van der Waals surface area contributed by atoms with Crippen LogP contribution in [-0.4, -0.2) is 34.2 Å². The van der Waals surface area contributed by atoms with Crippen LogP contribution in [0.1, 0.15) is 40.5 Å². The van der Waals surface area contributed by atoms with E-state index in [0.717, 1.165) is 12.8 Å². The van der Waals surface area contributed by atoms with Gasteiger partial charge in [-0.05, 0) is 11.8 Å². The van der Waals surface area contributed by atoms with Gasteiger partial charge in [-0.15, -0.1) is 0 Å². The van der Waals surface area contributed by atoms with Gasteiger partial charge in [0.25, 0.3) is 0 Å². The summed E-state index contributed by atoms with van der Waals surface area (Å²) in [5.41, 5.74) is 10.5. The first kappa shape index (κ1) is 19.2. The first-order valence-corrected chi connectivity index (χ1v) is 6.15. The Labute approximate surface area is 108 Å². The highest BCUT2D eigenvalue weighted by Gasteiger charge is 2.17. The summed E-state index contributed by atoms with van der Waals surface area (Å²) in [5.74, 6) is -1.68. The second-order valence-corrected chi connectivity index (χ2v) is 4.50. The highest BCUT2D eigenvalue weighted by molar-refractivity contribution is 5.73. The van der Waals surface area contributed by atoms with E-state index < -0.39 is 24.0 Å². The van der Waals surface area contributed by atoms with E-state index in [1.807, 2.05) is 27.7 Å².